The van der Waals surface area contributed by atoms with Crippen LogP contribution in [0.2, 0.25) is 0 Å². The van der Waals surface area contributed by atoms with Crippen molar-refractivity contribution < 1.29 is 9.84 Å². The average molecular weight is 212 g/mol. The number of aliphatic hydroxyl groups is 1. The third kappa shape index (κ3) is 3.86. The van der Waals surface area contributed by atoms with Gasteiger partial charge < -0.3 is 9.84 Å². The lowest BCUT2D eigenvalue weighted by molar-refractivity contribution is -0.0461. The monoisotopic (exact) mass is 212 g/mol. The molecule has 1 aliphatic rings. The largest absolute Gasteiger partial charge is 0.493 e. The van der Waals surface area contributed by atoms with Gasteiger partial charge in [-0.2, -0.15) is 0 Å². The Morgan fingerprint density at radius 2 is 2.13 bits per heavy atom. The fourth-order valence-electron chi connectivity index (χ4n) is 2.29. The minimum atomic E-state index is -0.290. The van der Waals surface area contributed by atoms with Crippen LogP contribution < -0.4 is 0 Å². The topological polar surface area (TPSA) is 29.5 Å². The van der Waals surface area contributed by atoms with Crippen LogP contribution >= 0.6 is 0 Å². The van der Waals surface area contributed by atoms with E-state index in [9.17, 15) is 5.11 Å². The predicted molar refractivity (Wildman–Crippen MR) is 62.6 cm³/mol. The van der Waals surface area contributed by atoms with E-state index in [0.717, 1.165) is 37.4 Å². The Hall–Kier alpha value is -0.500. The summed E-state index contributed by atoms with van der Waals surface area (Å²) < 4.78 is 5.68. The first-order valence-corrected chi connectivity index (χ1v) is 6.19. The van der Waals surface area contributed by atoms with Crippen LogP contribution in [0.5, 0.6) is 0 Å². The molecule has 2 heteroatoms. The zero-order chi connectivity index (χ0) is 11.3. The summed E-state index contributed by atoms with van der Waals surface area (Å²) >= 11 is 0. The number of hydrogen-bond acceptors (Lipinski definition) is 2. The third-order valence-electron chi connectivity index (χ3n) is 3.27. The molecule has 0 amide bonds. The second kappa shape index (κ2) is 6.16. The standard InChI is InChI=1S/C13H24O2/c1-4-6-11-7-8-12(14)13(9-11)15-10(3)5-2/h11-14H,3-9H2,1-2H3. The van der Waals surface area contributed by atoms with Crippen LogP contribution in [-0.2, 0) is 4.74 Å². The molecule has 0 spiro atoms. The lowest BCUT2D eigenvalue weighted by Crippen LogP contribution is -2.35. The first-order valence-electron chi connectivity index (χ1n) is 6.19. The third-order valence-corrected chi connectivity index (χ3v) is 3.27. The molecule has 1 saturated carbocycles. The van der Waals surface area contributed by atoms with E-state index in [0.29, 0.717) is 0 Å². The van der Waals surface area contributed by atoms with Crippen molar-refractivity contribution in [2.24, 2.45) is 5.92 Å². The van der Waals surface area contributed by atoms with Crippen LogP contribution in [0.1, 0.15) is 52.4 Å². The van der Waals surface area contributed by atoms with Crippen LogP contribution in [0.3, 0.4) is 0 Å². The highest BCUT2D eigenvalue weighted by Gasteiger charge is 2.30. The summed E-state index contributed by atoms with van der Waals surface area (Å²) in [6.45, 7) is 8.08. The Labute approximate surface area is 93.3 Å². The summed E-state index contributed by atoms with van der Waals surface area (Å²) in [7, 11) is 0. The normalized spacial score (nSPS) is 31.3. The SMILES string of the molecule is C=C(CC)OC1CC(CCC)CCC1O. The van der Waals surface area contributed by atoms with Crippen molar-refractivity contribution in [1.82, 2.24) is 0 Å². The van der Waals surface area contributed by atoms with Crippen LogP contribution in [0, 0.1) is 5.92 Å². The van der Waals surface area contributed by atoms with Crippen molar-refractivity contribution in [3.8, 4) is 0 Å². The quantitative estimate of drug-likeness (QED) is 0.709. The molecule has 15 heavy (non-hydrogen) atoms. The van der Waals surface area contributed by atoms with E-state index in [1.807, 2.05) is 6.92 Å². The van der Waals surface area contributed by atoms with Gasteiger partial charge in [-0.3, -0.25) is 0 Å². The van der Waals surface area contributed by atoms with Gasteiger partial charge in [0.25, 0.3) is 0 Å². The van der Waals surface area contributed by atoms with Gasteiger partial charge in [-0.25, -0.2) is 0 Å². The zero-order valence-electron chi connectivity index (χ0n) is 10.0. The fourth-order valence-corrected chi connectivity index (χ4v) is 2.29. The van der Waals surface area contributed by atoms with Crippen molar-refractivity contribution in [3.05, 3.63) is 12.3 Å². The van der Waals surface area contributed by atoms with Gasteiger partial charge in [0.1, 0.15) is 6.10 Å². The number of rotatable bonds is 5. The van der Waals surface area contributed by atoms with E-state index in [1.54, 1.807) is 0 Å². The Bertz CT molecular complexity index is 201. The van der Waals surface area contributed by atoms with Gasteiger partial charge in [-0.05, 0) is 25.2 Å². The molecule has 2 nitrogen and oxygen atoms in total. The number of hydrogen-bond donors (Lipinski definition) is 1. The summed E-state index contributed by atoms with van der Waals surface area (Å²) in [5, 5.41) is 9.83. The second-order valence-corrected chi connectivity index (χ2v) is 4.58. The van der Waals surface area contributed by atoms with Crippen molar-refractivity contribution in [3.63, 3.8) is 0 Å². The number of allylic oxidation sites excluding steroid dienone is 1. The molecule has 1 rings (SSSR count). The highest BCUT2D eigenvalue weighted by atomic mass is 16.5. The Balaban J connectivity index is 2.42. The minimum absolute atomic E-state index is 0.0113. The van der Waals surface area contributed by atoms with E-state index >= 15 is 0 Å². The van der Waals surface area contributed by atoms with Gasteiger partial charge >= 0.3 is 0 Å². The smallest absolute Gasteiger partial charge is 0.124 e. The maximum absolute atomic E-state index is 9.83. The Kier molecular flexibility index (Phi) is 5.16. The van der Waals surface area contributed by atoms with E-state index < -0.39 is 0 Å². The molecule has 88 valence electrons. The van der Waals surface area contributed by atoms with Crippen LogP contribution in [0.15, 0.2) is 12.3 Å². The molecule has 0 aromatic rings. The van der Waals surface area contributed by atoms with Crippen LogP contribution in [0.4, 0.5) is 0 Å². The summed E-state index contributed by atoms with van der Waals surface area (Å²) in [5.74, 6) is 1.53. The molecule has 0 bridgehead atoms. The fraction of sp³-hybridized carbons (Fsp3) is 0.846. The number of aliphatic hydroxyl groups excluding tert-OH is 1. The molecule has 1 fully saturated rings. The van der Waals surface area contributed by atoms with Gasteiger partial charge in [0.05, 0.1) is 11.9 Å². The first-order chi connectivity index (χ1) is 7.17. The Morgan fingerprint density at radius 1 is 1.40 bits per heavy atom. The predicted octanol–water partition coefficient (Wildman–Crippen LogP) is 3.26. The maximum Gasteiger partial charge on any atom is 0.124 e. The molecule has 0 aliphatic heterocycles. The zero-order valence-corrected chi connectivity index (χ0v) is 10.0. The van der Waals surface area contributed by atoms with Gasteiger partial charge in [-0.15, -0.1) is 0 Å². The van der Waals surface area contributed by atoms with Gasteiger partial charge in [0.2, 0.25) is 0 Å². The summed E-state index contributed by atoms with van der Waals surface area (Å²) in [4.78, 5) is 0. The van der Waals surface area contributed by atoms with Crippen molar-refractivity contribution in [2.75, 3.05) is 0 Å². The molecule has 0 aromatic heterocycles. The lowest BCUT2D eigenvalue weighted by atomic mass is 9.83. The molecular formula is C13H24O2. The molecule has 0 aromatic carbocycles. The van der Waals surface area contributed by atoms with Crippen LogP contribution in [0.25, 0.3) is 0 Å². The van der Waals surface area contributed by atoms with E-state index in [-0.39, 0.29) is 12.2 Å². The van der Waals surface area contributed by atoms with Crippen molar-refractivity contribution >= 4 is 0 Å². The molecule has 3 unspecified atom stereocenters. The summed E-state index contributed by atoms with van der Waals surface area (Å²) in [6.07, 6.45) is 6.03. The molecule has 0 heterocycles. The molecule has 3 atom stereocenters. The highest BCUT2D eigenvalue weighted by molar-refractivity contribution is 4.87. The lowest BCUT2D eigenvalue weighted by Gasteiger charge is -2.33. The molecule has 1 aliphatic carbocycles. The van der Waals surface area contributed by atoms with Crippen molar-refractivity contribution in [2.45, 2.75) is 64.6 Å². The number of ether oxygens (including phenoxy) is 1. The maximum atomic E-state index is 9.83. The highest BCUT2D eigenvalue weighted by Crippen LogP contribution is 2.31. The molecule has 0 radical (unpaired) electrons. The van der Waals surface area contributed by atoms with Gasteiger partial charge in [-0.1, -0.05) is 33.3 Å². The molecular weight excluding hydrogens is 188 g/mol. The summed E-state index contributed by atoms with van der Waals surface area (Å²) in [6, 6.07) is 0. The molecule has 1 N–H and O–H groups in total. The average Bonchev–Trinajstić information content (AvgIpc) is 2.23. The van der Waals surface area contributed by atoms with Crippen molar-refractivity contribution in [1.29, 1.82) is 0 Å². The van der Waals surface area contributed by atoms with Gasteiger partial charge in [0, 0.05) is 6.42 Å². The van der Waals surface area contributed by atoms with Gasteiger partial charge in [0.15, 0.2) is 0 Å². The Morgan fingerprint density at radius 3 is 2.73 bits per heavy atom. The minimum Gasteiger partial charge on any atom is -0.493 e. The van der Waals surface area contributed by atoms with E-state index in [4.69, 9.17) is 4.74 Å². The van der Waals surface area contributed by atoms with E-state index in [1.165, 1.54) is 12.8 Å². The van der Waals surface area contributed by atoms with Crippen LogP contribution in [-0.4, -0.2) is 17.3 Å². The second-order valence-electron chi connectivity index (χ2n) is 4.58. The summed E-state index contributed by atoms with van der Waals surface area (Å²) in [5.41, 5.74) is 0. The first kappa shape index (κ1) is 12.6. The molecule has 0 saturated heterocycles. The van der Waals surface area contributed by atoms with E-state index in [2.05, 4.69) is 13.5 Å².